The predicted molar refractivity (Wildman–Crippen MR) is 161 cm³/mol. The third-order valence-electron chi connectivity index (χ3n) is 6.22. The third kappa shape index (κ3) is 8.53. The van der Waals surface area contributed by atoms with E-state index >= 15 is 0 Å². The molecule has 5 rings (SSSR count). The second-order valence-corrected chi connectivity index (χ2v) is 9.42. The summed E-state index contributed by atoms with van der Waals surface area (Å²) in [6, 6.07) is 18.4. The summed E-state index contributed by atoms with van der Waals surface area (Å²) < 4.78 is 27.6. The van der Waals surface area contributed by atoms with Gasteiger partial charge in [0.25, 0.3) is 11.5 Å². The first-order chi connectivity index (χ1) is 21.2. The lowest BCUT2D eigenvalue weighted by Gasteiger charge is -2.08. The number of carbonyl (C=O) groups is 2. The number of aromatic nitrogens is 4. The summed E-state index contributed by atoms with van der Waals surface area (Å²) in [5, 5.41) is 3.21. The molecule has 2 heterocycles. The molecule has 0 spiro atoms. The summed E-state index contributed by atoms with van der Waals surface area (Å²) in [5.41, 5.74) is 12.9. The van der Waals surface area contributed by atoms with E-state index in [0.29, 0.717) is 34.3 Å². The van der Waals surface area contributed by atoms with Crippen LogP contribution in [-0.4, -0.2) is 37.9 Å². The molecule has 0 aliphatic rings. The second-order valence-electron chi connectivity index (χ2n) is 9.42. The molecule has 0 saturated carbocycles. The highest BCUT2D eigenvalue weighted by Gasteiger charge is 2.13. The highest BCUT2D eigenvalue weighted by Crippen LogP contribution is 2.17. The van der Waals surface area contributed by atoms with Crippen LogP contribution in [0.15, 0.2) is 90.4 Å². The largest absolute Gasteiger partial charge is 0.383 e. The third-order valence-corrected chi connectivity index (χ3v) is 6.22. The molecule has 12 heteroatoms. The highest BCUT2D eigenvalue weighted by molar-refractivity contribution is 5.93. The fourth-order valence-electron chi connectivity index (χ4n) is 3.99. The minimum Gasteiger partial charge on any atom is -0.383 e. The number of fused-ring (bicyclic) bond motifs is 1. The quantitative estimate of drug-likeness (QED) is 0.244. The number of nitrogens with two attached hydrogens (primary N) is 2. The van der Waals surface area contributed by atoms with Gasteiger partial charge < -0.3 is 16.8 Å². The first-order valence-corrected chi connectivity index (χ1v) is 13.3. The maximum atomic E-state index is 13.4. The Bertz CT molecular complexity index is 1920. The van der Waals surface area contributed by atoms with Crippen molar-refractivity contribution in [3.8, 4) is 11.8 Å². The summed E-state index contributed by atoms with van der Waals surface area (Å²) in [5.74, 6) is 3.13. The number of anilines is 1. The van der Waals surface area contributed by atoms with E-state index in [-0.39, 0.29) is 24.6 Å². The van der Waals surface area contributed by atoms with Gasteiger partial charge in [0.15, 0.2) is 11.6 Å². The number of nitrogen functional groups attached to an aromatic ring is 1. The summed E-state index contributed by atoms with van der Waals surface area (Å²) >= 11 is 0. The van der Waals surface area contributed by atoms with Crippen LogP contribution >= 0.6 is 0 Å². The first kappa shape index (κ1) is 31.0. The molecule has 0 aliphatic carbocycles. The standard InChI is InChI=1S/C23H16F2N6O2.C9H11NO/c24-18-5-3-15(9-19(18)25)11-31-13-27-10-17(23(31)33)22(32)28-7-1-2-14-4-6-20-16(8-14)21(26)30-12-29-20;10-9(11)7-6-8-4-2-1-3-5-8/h3-6,8-10,12-13H,7,11H2,(H,28,32)(H2,26,29,30);1-5H,6-7H2,(H2,10,11). The van der Waals surface area contributed by atoms with Crippen LogP contribution in [0.1, 0.15) is 33.5 Å². The average molecular weight is 596 g/mol. The highest BCUT2D eigenvalue weighted by atomic mass is 19.2. The minimum atomic E-state index is -1.03. The molecule has 0 saturated heterocycles. The van der Waals surface area contributed by atoms with E-state index in [1.54, 1.807) is 18.2 Å². The zero-order valence-corrected chi connectivity index (χ0v) is 23.3. The smallest absolute Gasteiger partial charge is 0.266 e. The first-order valence-electron chi connectivity index (χ1n) is 13.3. The van der Waals surface area contributed by atoms with Crippen molar-refractivity contribution in [1.82, 2.24) is 24.8 Å². The number of hydrogen-bond donors (Lipinski definition) is 3. The lowest BCUT2D eigenvalue weighted by Crippen LogP contribution is -2.33. The number of primary amides is 1. The summed E-state index contributed by atoms with van der Waals surface area (Å²) in [6.07, 6.45) is 4.91. The number of halogens is 2. The van der Waals surface area contributed by atoms with E-state index in [0.717, 1.165) is 34.9 Å². The molecule has 222 valence electrons. The molecule has 0 bridgehead atoms. The van der Waals surface area contributed by atoms with Gasteiger partial charge in [-0.15, -0.1) is 0 Å². The van der Waals surface area contributed by atoms with Crippen molar-refractivity contribution in [2.75, 3.05) is 12.3 Å². The lowest BCUT2D eigenvalue weighted by molar-refractivity contribution is -0.118. The van der Waals surface area contributed by atoms with Crippen molar-refractivity contribution in [2.45, 2.75) is 19.4 Å². The molecule has 44 heavy (non-hydrogen) atoms. The molecule has 3 aromatic carbocycles. The normalized spacial score (nSPS) is 10.2. The van der Waals surface area contributed by atoms with Crippen LogP contribution in [0, 0.1) is 23.5 Å². The van der Waals surface area contributed by atoms with Gasteiger partial charge in [0.05, 0.1) is 24.9 Å². The van der Waals surface area contributed by atoms with Gasteiger partial charge in [-0.05, 0) is 47.9 Å². The van der Waals surface area contributed by atoms with Crippen molar-refractivity contribution in [1.29, 1.82) is 0 Å². The molecule has 10 nitrogen and oxygen atoms in total. The van der Waals surface area contributed by atoms with Gasteiger partial charge >= 0.3 is 0 Å². The number of benzene rings is 3. The predicted octanol–water partition coefficient (Wildman–Crippen LogP) is 2.98. The average Bonchev–Trinajstić information content (AvgIpc) is 3.02. The maximum absolute atomic E-state index is 13.4. The van der Waals surface area contributed by atoms with Gasteiger partial charge in [-0.25, -0.2) is 23.7 Å². The number of hydrogen-bond acceptors (Lipinski definition) is 7. The number of rotatable bonds is 7. The van der Waals surface area contributed by atoms with Crippen molar-refractivity contribution >= 4 is 28.5 Å². The van der Waals surface area contributed by atoms with E-state index in [1.807, 2.05) is 30.3 Å². The molecular formula is C32H27F2N7O3. The Hall–Kier alpha value is -5.96. The maximum Gasteiger partial charge on any atom is 0.266 e. The number of nitrogens with one attached hydrogen (secondary N) is 1. The molecule has 2 aromatic heterocycles. The van der Waals surface area contributed by atoms with Gasteiger partial charge in [0.2, 0.25) is 5.91 Å². The van der Waals surface area contributed by atoms with Crippen LogP contribution in [0.3, 0.4) is 0 Å². The van der Waals surface area contributed by atoms with Crippen molar-refractivity contribution in [3.05, 3.63) is 130 Å². The van der Waals surface area contributed by atoms with Crippen LogP contribution in [0.2, 0.25) is 0 Å². The van der Waals surface area contributed by atoms with Gasteiger partial charge in [-0.2, -0.15) is 0 Å². The molecular weight excluding hydrogens is 568 g/mol. The molecule has 5 aromatic rings. The van der Waals surface area contributed by atoms with E-state index in [9.17, 15) is 23.2 Å². The Labute approximate surface area is 250 Å². The Balaban J connectivity index is 0.000000339. The van der Waals surface area contributed by atoms with E-state index in [1.165, 1.54) is 18.7 Å². The van der Waals surface area contributed by atoms with Crippen LogP contribution < -0.4 is 22.3 Å². The molecule has 5 N–H and O–H groups in total. The van der Waals surface area contributed by atoms with Crippen LogP contribution in [0.25, 0.3) is 10.9 Å². The Morgan fingerprint density at radius 2 is 1.75 bits per heavy atom. The second kappa shape index (κ2) is 14.8. The number of amides is 2. The van der Waals surface area contributed by atoms with Crippen LogP contribution in [0.4, 0.5) is 14.6 Å². The summed E-state index contributed by atoms with van der Waals surface area (Å²) in [7, 11) is 0. The fraction of sp³-hybridized carbons (Fsp3) is 0.125. The molecule has 0 aliphatic heterocycles. The fourth-order valence-corrected chi connectivity index (χ4v) is 3.99. The Morgan fingerprint density at radius 1 is 0.955 bits per heavy atom. The molecule has 0 atom stereocenters. The molecule has 2 amide bonds. The van der Waals surface area contributed by atoms with Gasteiger partial charge in [-0.1, -0.05) is 48.2 Å². The monoisotopic (exact) mass is 595 g/mol. The number of carbonyl (C=O) groups excluding carboxylic acids is 2. The van der Waals surface area contributed by atoms with E-state index in [2.05, 4.69) is 32.1 Å². The summed E-state index contributed by atoms with van der Waals surface area (Å²) in [4.78, 5) is 47.4. The van der Waals surface area contributed by atoms with E-state index in [4.69, 9.17) is 11.5 Å². The zero-order chi connectivity index (χ0) is 31.5. The molecule has 0 radical (unpaired) electrons. The van der Waals surface area contributed by atoms with Gasteiger partial charge in [0, 0.05) is 23.6 Å². The van der Waals surface area contributed by atoms with Crippen LogP contribution in [-0.2, 0) is 17.8 Å². The number of aryl methyl sites for hydroxylation is 1. The van der Waals surface area contributed by atoms with Gasteiger partial charge in [0.1, 0.15) is 17.7 Å². The van der Waals surface area contributed by atoms with Crippen molar-refractivity contribution in [3.63, 3.8) is 0 Å². The van der Waals surface area contributed by atoms with Crippen molar-refractivity contribution in [2.24, 2.45) is 5.73 Å². The minimum absolute atomic E-state index is 0.0187. The molecule has 0 fully saturated rings. The van der Waals surface area contributed by atoms with E-state index < -0.39 is 23.1 Å². The lowest BCUT2D eigenvalue weighted by atomic mass is 10.1. The van der Waals surface area contributed by atoms with Gasteiger partial charge in [-0.3, -0.25) is 19.0 Å². The topological polar surface area (TPSA) is 159 Å². The summed E-state index contributed by atoms with van der Waals surface area (Å²) in [6.45, 7) is -0.0894. The SMILES string of the molecule is NC(=O)CCc1ccccc1.Nc1ncnc2ccc(C#CCNC(=O)c3cncn(Cc4ccc(F)c(F)c4)c3=O)cc12. The number of nitrogens with zero attached hydrogens (tertiary/aromatic N) is 4. The Morgan fingerprint density at radius 3 is 2.50 bits per heavy atom. The van der Waals surface area contributed by atoms with Crippen molar-refractivity contribution < 1.29 is 18.4 Å². The molecule has 0 unspecified atom stereocenters. The Kier molecular flexibility index (Phi) is 10.4. The zero-order valence-electron chi connectivity index (χ0n) is 23.3. The van der Waals surface area contributed by atoms with Crippen LogP contribution in [0.5, 0.6) is 0 Å².